The van der Waals surface area contributed by atoms with E-state index in [1.807, 2.05) is 60.7 Å². The fourth-order valence-electron chi connectivity index (χ4n) is 14.0. The maximum absolute atomic E-state index is 15.7. The summed E-state index contributed by atoms with van der Waals surface area (Å²) in [6, 6.07) is 42.2. The lowest BCUT2D eigenvalue weighted by atomic mass is 9.44. The van der Waals surface area contributed by atoms with Gasteiger partial charge in [-0.05, 0) is 85.6 Å². The van der Waals surface area contributed by atoms with Crippen LogP contribution in [-0.2, 0) is 52.0 Å². The summed E-state index contributed by atoms with van der Waals surface area (Å²) in [5, 5.41) is 30.5. The number of ether oxygens (including phenoxy) is 8. The Kier molecular flexibility index (Phi) is 16.2. The fourth-order valence-corrected chi connectivity index (χ4v) is 17.2. The summed E-state index contributed by atoms with van der Waals surface area (Å²) in [7, 11) is -1.88. The van der Waals surface area contributed by atoms with Gasteiger partial charge in [-0.3, -0.25) is 14.5 Å². The van der Waals surface area contributed by atoms with Gasteiger partial charge in [0, 0.05) is 43.1 Å². The number of esters is 4. The highest BCUT2D eigenvalue weighted by Gasteiger charge is 2.79. The summed E-state index contributed by atoms with van der Waals surface area (Å²) in [6.45, 7) is 16.3. The van der Waals surface area contributed by atoms with Gasteiger partial charge in [0.25, 0.3) is 8.32 Å². The second kappa shape index (κ2) is 22.7. The molecule has 1 amide bonds. The Morgan fingerprint density at radius 2 is 1.31 bits per heavy atom. The third-order valence-electron chi connectivity index (χ3n) is 18.2. The molecule has 1 unspecified atom stereocenters. The molecular formula is C66H75NO16Si. The Hall–Kier alpha value is -7.19. The lowest BCUT2D eigenvalue weighted by Gasteiger charge is -2.70. The van der Waals surface area contributed by atoms with Crippen LogP contribution >= 0.6 is 0 Å². The van der Waals surface area contributed by atoms with Crippen molar-refractivity contribution >= 4 is 48.7 Å². The molecule has 5 aromatic rings. The van der Waals surface area contributed by atoms with E-state index in [1.165, 1.54) is 25.9 Å². The molecule has 0 radical (unpaired) electrons. The molecule has 2 bridgehead atoms. The van der Waals surface area contributed by atoms with Gasteiger partial charge in [0.2, 0.25) is 0 Å². The van der Waals surface area contributed by atoms with Gasteiger partial charge in [-0.15, -0.1) is 0 Å². The quantitative estimate of drug-likeness (QED) is 0.0490. The molecule has 444 valence electrons. The smallest absolute Gasteiger partial charge is 0.413 e. The number of nitrogens with zero attached hydrogens (tertiary/aromatic N) is 1. The van der Waals surface area contributed by atoms with Crippen LogP contribution in [0.4, 0.5) is 4.79 Å². The Bertz CT molecular complexity index is 3240. The van der Waals surface area contributed by atoms with E-state index in [9.17, 15) is 24.6 Å². The largest absolute Gasteiger partial charge is 0.497 e. The molecule has 5 aliphatic rings. The molecule has 84 heavy (non-hydrogen) atoms. The minimum absolute atomic E-state index is 0.0353. The number of carbonyl (C=O) groups excluding carboxylic acids is 5. The first-order valence-electron chi connectivity index (χ1n) is 28.5. The van der Waals surface area contributed by atoms with Crippen molar-refractivity contribution < 1.29 is 76.5 Å². The van der Waals surface area contributed by atoms with Crippen molar-refractivity contribution in [2.75, 3.05) is 13.7 Å². The maximum Gasteiger partial charge on any atom is 0.413 e. The fraction of sp³-hybridized carbons (Fsp3) is 0.439. The molecular weight excluding hydrogens is 1090 g/mol. The highest BCUT2D eigenvalue weighted by atomic mass is 28.4. The maximum atomic E-state index is 15.7. The molecule has 3 aliphatic carbocycles. The van der Waals surface area contributed by atoms with Gasteiger partial charge < -0.3 is 52.5 Å². The molecule has 17 nitrogen and oxygen atoms in total. The van der Waals surface area contributed by atoms with Gasteiger partial charge in [-0.25, -0.2) is 14.4 Å². The van der Waals surface area contributed by atoms with E-state index in [-0.39, 0.29) is 24.2 Å². The predicted octanol–water partition coefficient (Wildman–Crippen LogP) is 8.49. The van der Waals surface area contributed by atoms with Gasteiger partial charge in [0.05, 0.1) is 31.3 Å². The standard InChI is InChI=1S/C66H75NO16Si/c1-39-48(78-60(72)54-52(42-24-16-12-17-25-42)67(61(73)82-62(4,5)6)58(79-54)43-32-34-45(75-10)35-33-43)37-66(74)57(80-59(71)44-26-18-13-19-27-44)55-64(9,56(70)53(77-40(2)68)51(39)63(66,7)8)49(36-50-65(55,38-76-50)81-41(3)69)83-84(11,46-28-20-14-21-29-46)47-30-22-15-23-31-47/h12-35,48-50,52-58,70,74H,36-38H2,1-11H3/t48-,49-,50+,52-,53+,54+,55-,56-,57-,58?,64+,65-,66+/m0/s1. The lowest BCUT2D eigenvalue weighted by Crippen LogP contribution is -2.83. The van der Waals surface area contributed by atoms with E-state index < -0.39 is 133 Å². The number of methoxy groups -OCH3 is 1. The molecule has 5 aromatic carbocycles. The Morgan fingerprint density at radius 3 is 1.83 bits per heavy atom. The van der Waals surface area contributed by atoms with Crippen molar-refractivity contribution in [2.45, 2.75) is 154 Å². The predicted molar refractivity (Wildman–Crippen MR) is 310 cm³/mol. The molecule has 2 N–H and O–H groups in total. The minimum atomic E-state index is -3.40. The number of rotatable bonds is 13. The summed E-state index contributed by atoms with van der Waals surface area (Å²) in [5.41, 5.74) is -6.89. The third-order valence-corrected chi connectivity index (χ3v) is 21.8. The van der Waals surface area contributed by atoms with E-state index >= 15 is 9.59 Å². The molecule has 2 heterocycles. The monoisotopic (exact) mass is 1170 g/mol. The van der Waals surface area contributed by atoms with Crippen LogP contribution in [0.25, 0.3) is 0 Å². The zero-order valence-electron chi connectivity index (χ0n) is 49.3. The molecule has 4 fully saturated rings. The molecule has 2 saturated carbocycles. The SMILES string of the molecule is COc1ccc(C2O[C@@H](C(=O)O[C@H]3C[C@@]4(O)[C@@H](OC(=O)c5ccccc5)[C@@H]5[C@]6(OC(C)=O)CO[C@@H]6C[C@H](O[Si](C)(c6ccccc6)c6ccccc6)[C@@]5(C)[C@@H](O)[C@H](OC(C)=O)C(=C3C)C4(C)C)[C@H](c3ccccc3)N2C(=O)OC(C)(C)C)cc1. The number of aliphatic hydroxyl groups is 2. The Morgan fingerprint density at radius 1 is 0.738 bits per heavy atom. The zero-order valence-corrected chi connectivity index (χ0v) is 50.3. The van der Waals surface area contributed by atoms with Crippen molar-refractivity contribution in [1.82, 2.24) is 4.90 Å². The summed E-state index contributed by atoms with van der Waals surface area (Å²) in [5.74, 6) is -4.20. The molecule has 2 saturated heterocycles. The average molecular weight is 1170 g/mol. The third kappa shape index (κ3) is 10.4. The minimum Gasteiger partial charge on any atom is -0.497 e. The Labute approximate surface area is 491 Å². The number of hydrogen-bond acceptors (Lipinski definition) is 16. The van der Waals surface area contributed by atoms with Crippen LogP contribution in [0.3, 0.4) is 0 Å². The van der Waals surface area contributed by atoms with Crippen LogP contribution in [0.1, 0.15) is 109 Å². The summed E-state index contributed by atoms with van der Waals surface area (Å²) in [4.78, 5) is 74.5. The molecule has 0 aromatic heterocycles. The average Bonchev–Trinajstić information content (AvgIpc) is 0.838. The second-order valence-corrected chi connectivity index (χ2v) is 28.1. The first-order chi connectivity index (χ1) is 39.8. The van der Waals surface area contributed by atoms with E-state index in [0.29, 0.717) is 22.4 Å². The normalized spacial score (nSPS) is 30.7. The van der Waals surface area contributed by atoms with Crippen LogP contribution in [0.2, 0.25) is 6.55 Å². The summed E-state index contributed by atoms with van der Waals surface area (Å²) >= 11 is 0. The van der Waals surface area contributed by atoms with Crippen molar-refractivity contribution in [1.29, 1.82) is 0 Å². The van der Waals surface area contributed by atoms with Gasteiger partial charge >= 0.3 is 30.0 Å². The van der Waals surface area contributed by atoms with Crippen LogP contribution in [0, 0.1) is 16.7 Å². The van der Waals surface area contributed by atoms with E-state index in [1.54, 1.807) is 133 Å². The van der Waals surface area contributed by atoms with Crippen LogP contribution < -0.4 is 15.1 Å². The van der Waals surface area contributed by atoms with E-state index in [0.717, 1.165) is 10.4 Å². The van der Waals surface area contributed by atoms with Crippen molar-refractivity contribution in [3.05, 3.63) is 173 Å². The number of fused-ring (bicyclic) bond motifs is 5. The van der Waals surface area contributed by atoms with Crippen LogP contribution in [0.15, 0.2) is 157 Å². The van der Waals surface area contributed by atoms with Crippen molar-refractivity contribution in [3.63, 3.8) is 0 Å². The molecule has 2 aliphatic heterocycles. The highest BCUT2D eigenvalue weighted by Crippen LogP contribution is 2.66. The van der Waals surface area contributed by atoms with Gasteiger partial charge in [-0.2, -0.15) is 0 Å². The van der Waals surface area contributed by atoms with Crippen molar-refractivity contribution in [2.24, 2.45) is 16.7 Å². The van der Waals surface area contributed by atoms with E-state index in [4.69, 9.17) is 42.3 Å². The first-order valence-corrected chi connectivity index (χ1v) is 30.9. The number of benzene rings is 5. The molecule has 13 atom stereocenters. The number of aliphatic hydroxyl groups excluding tert-OH is 1. The second-order valence-electron chi connectivity index (χ2n) is 24.7. The highest BCUT2D eigenvalue weighted by molar-refractivity contribution is 6.96. The number of amides is 1. The number of hydrogen-bond donors (Lipinski definition) is 2. The zero-order chi connectivity index (χ0) is 60.3. The first kappa shape index (κ1) is 59.9. The Balaban J connectivity index is 1.17. The van der Waals surface area contributed by atoms with Gasteiger partial charge in [0.1, 0.15) is 47.4 Å². The van der Waals surface area contributed by atoms with Crippen LogP contribution in [-0.4, -0.2) is 127 Å². The van der Waals surface area contributed by atoms with Crippen molar-refractivity contribution in [3.8, 4) is 5.75 Å². The molecule has 10 rings (SSSR count). The molecule has 18 heteroatoms. The van der Waals surface area contributed by atoms with Gasteiger partial charge in [-0.1, -0.05) is 142 Å². The van der Waals surface area contributed by atoms with E-state index in [2.05, 4.69) is 6.55 Å². The number of carbonyl (C=O) groups is 5. The topological polar surface area (TPSA) is 212 Å². The summed E-state index contributed by atoms with van der Waals surface area (Å²) in [6.07, 6.45) is -12.6. The van der Waals surface area contributed by atoms with Gasteiger partial charge in [0.15, 0.2) is 24.0 Å². The molecule has 0 spiro atoms. The van der Waals surface area contributed by atoms with Crippen LogP contribution in [0.5, 0.6) is 5.75 Å². The lowest BCUT2D eigenvalue weighted by molar-refractivity contribution is -0.363. The summed E-state index contributed by atoms with van der Waals surface area (Å²) < 4.78 is 59.1.